The summed E-state index contributed by atoms with van der Waals surface area (Å²) in [5, 5.41) is 8.69. The quantitative estimate of drug-likeness (QED) is 0.899. The van der Waals surface area contributed by atoms with Crippen LogP contribution in [0.1, 0.15) is 20.3 Å². The summed E-state index contributed by atoms with van der Waals surface area (Å²) < 4.78 is 1.82. The molecule has 1 N–H and O–H groups in total. The van der Waals surface area contributed by atoms with E-state index in [4.69, 9.17) is 4.98 Å². The number of aryl methyl sites for hydroxylation is 1. The smallest absolute Gasteiger partial charge is 0.226 e. The van der Waals surface area contributed by atoms with Gasteiger partial charge in [-0.05, 0) is 13.0 Å². The van der Waals surface area contributed by atoms with Gasteiger partial charge >= 0.3 is 0 Å². The van der Waals surface area contributed by atoms with Crippen LogP contribution in [-0.4, -0.2) is 63.9 Å². The fourth-order valence-electron chi connectivity index (χ4n) is 2.84. The van der Waals surface area contributed by atoms with Crippen molar-refractivity contribution in [1.82, 2.24) is 24.6 Å². The van der Waals surface area contributed by atoms with E-state index < -0.39 is 0 Å². The average Bonchev–Trinajstić information content (AvgIpc) is 2.94. The van der Waals surface area contributed by atoms with Crippen molar-refractivity contribution in [1.29, 1.82) is 0 Å². The summed E-state index contributed by atoms with van der Waals surface area (Å²) in [5.41, 5.74) is 0.890. The fraction of sp³-hybridized carbons (Fsp3) is 0.667. The van der Waals surface area contributed by atoms with E-state index in [0.29, 0.717) is 5.95 Å². The Bertz CT molecular complexity index is 628. The molecule has 0 saturated carbocycles. The van der Waals surface area contributed by atoms with Crippen molar-refractivity contribution in [2.24, 2.45) is 7.05 Å². The Kier molecular flexibility index (Phi) is 4.42. The second-order valence-electron chi connectivity index (χ2n) is 5.72. The molecule has 0 amide bonds. The van der Waals surface area contributed by atoms with Gasteiger partial charge in [-0.1, -0.05) is 13.8 Å². The molecule has 0 radical (unpaired) electrons. The monoisotopic (exact) mass is 303 g/mol. The minimum atomic E-state index is 0.700. The molecule has 3 heterocycles. The van der Waals surface area contributed by atoms with Gasteiger partial charge in [0.25, 0.3) is 0 Å². The van der Waals surface area contributed by atoms with E-state index in [0.717, 1.165) is 62.5 Å². The molecule has 7 heteroatoms. The summed E-state index contributed by atoms with van der Waals surface area (Å²) in [6.07, 6.45) is 2.93. The van der Waals surface area contributed by atoms with Crippen molar-refractivity contribution < 1.29 is 0 Å². The van der Waals surface area contributed by atoms with Crippen LogP contribution in [0.15, 0.2) is 6.20 Å². The topological polar surface area (TPSA) is 62.1 Å². The van der Waals surface area contributed by atoms with Gasteiger partial charge in [-0.15, -0.1) is 0 Å². The number of aromatic nitrogens is 4. The van der Waals surface area contributed by atoms with Crippen LogP contribution in [0.25, 0.3) is 11.0 Å². The molecule has 0 aliphatic carbocycles. The zero-order valence-electron chi connectivity index (χ0n) is 13.7. The first-order chi connectivity index (χ1) is 10.7. The van der Waals surface area contributed by atoms with Gasteiger partial charge in [0.1, 0.15) is 5.82 Å². The Morgan fingerprint density at radius 1 is 1.14 bits per heavy atom. The van der Waals surface area contributed by atoms with Gasteiger partial charge in [0.05, 0.1) is 11.6 Å². The molecular formula is C15H25N7. The number of piperazine rings is 1. The highest BCUT2D eigenvalue weighted by molar-refractivity contribution is 5.88. The third kappa shape index (κ3) is 2.85. The second kappa shape index (κ2) is 6.48. The van der Waals surface area contributed by atoms with E-state index >= 15 is 0 Å². The van der Waals surface area contributed by atoms with Crippen molar-refractivity contribution in [3.63, 3.8) is 0 Å². The Hall–Kier alpha value is -1.89. The fourth-order valence-corrected chi connectivity index (χ4v) is 2.84. The molecule has 120 valence electrons. The molecule has 2 aromatic heterocycles. The normalized spacial score (nSPS) is 16.4. The van der Waals surface area contributed by atoms with Gasteiger partial charge in [0.15, 0.2) is 5.65 Å². The van der Waals surface area contributed by atoms with Crippen LogP contribution in [-0.2, 0) is 7.05 Å². The first kappa shape index (κ1) is 15.0. The number of hydrogen-bond donors (Lipinski definition) is 1. The van der Waals surface area contributed by atoms with Crippen LogP contribution in [0.3, 0.4) is 0 Å². The van der Waals surface area contributed by atoms with Crippen molar-refractivity contribution in [2.75, 3.05) is 49.5 Å². The Balaban J connectivity index is 1.93. The van der Waals surface area contributed by atoms with Crippen LogP contribution in [0, 0.1) is 0 Å². The van der Waals surface area contributed by atoms with Gasteiger partial charge < -0.3 is 15.1 Å². The predicted octanol–water partition coefficient (Wildman–Crippen LogP) is 1.33. The summed E-state index contributed by atoms with van der Waals surface area (Å²) in [5.74, 6) is 1.71. The zero-order chi connectivity index (χ0) is 15.5. The van der Waals surface area contributed by atoms with Gasteiger partial charge in [-0.3, -0.25) is 4.68 Å². The van der Waals surface area contributed by atoms with Gasteiger partial charge in [-0.2, -0.15) is 15.1 Å². The Morgan fingerprint density at radius 2 is 1.91 bits per heavy atom. The molecule has 0 unspecified atom stereocenters. The highest BCUT2D eigenvalue weighted by Crippen LogP contribution is 2.25. The SMILES string of the molecule is CCCNc1nc(N2CCN(CC)CC2)c2cnn(C)c2n1. The summed E-state index contributed by atoms with van der Waals surface area (Å²) in [4.78, 5) is 14.2. The van der Waals surface area contributed by atoms with E-state index in [1.54, 1.807) is 0 Å². The van der Waals surface area contributed by atoms with Crippen LogP contribution in [0.2, 0.25) is 0 Å². The standard InChI is InChI=1S/C15H25N7/c1-4-6-16-15-18-13-12(11-17-20(13)3)14(19-15)22-9-7-21(5-2)8-10-22/h11H,4-10H2,1-3H3,(H,16,18,19). The molecule has 22 heavy (non-hydrogen) atoms. The number of hydrogen-bond acceptors (Lipinski definition) is 6. The number of rotatable bonds is 5. The molecular weight excluding hydrogens is 278 g/mol. The highest BCUT2D eigenvalue weighted by Gasteiger charge is 2.21. The van der Waals surface area contributed by atoms with E-state index in [9.17, 15) is 0 Å². The van der Waals surface area contributed by atoms with Gasteiger partial charge in [-0.25, -0.2) is 0 Å². The minimum Gasteiger partial charge on any atom is -0.354 e. The molecule has 0 atom stereocenters. The summed E-state index contributed by atoms with van der Waals surface area (Å²) >= 11 is 0. The molecule has 0 aromatic carbocycles. The molecule has 1 fully saturated rings. The second-order valence-corrected chi connectivity index (χ2v) is 5.72. The van der Waals surface area contributed by atoms with Crippen LogP contribution in [0.4, 0.5) is 11.8 Å². The third-order valence-corrected chi connectivity index (χ3v) is 4.22. The molecule has 2 aromatic rings. The number of anilines is 2. The summed E-state index contributed by atoms with van der Waals surface area (Å²) in [6.45, 7) is 10.5. The molecule has 7 nitrogen and oxygen atoms in total. The molecule has 1 aliphatic heterocycles. The Morgan fingerprint density at radius 3 is 2.59 bits per heavy atom. The maximum absolute atomic E-state index is 4.76. The summed E-state index contributed by atoms with van der Waals surface area (Å²) in [7, 11) is 1.93. The van der Waals surface area contributed by atoms with E-state index in [1.165, 1.54) is 0 Å². The molecule has 1 saturated heterocycles. The van der Waals surface area contributed by atoms with E-state index in [1.807, 2.05) is 17.9 Å². The number of nitrogens with zero attached hydrogens (tertiary/aromatic N) is 6. The first-order valence-electron chi connectivity index (χ1n) is 8.13. The minimum absolute atomic E-state index is 0.700. The van der Waals surface area contributed by atoms with E-state index in [-0.39, 0.29) is 0 Å². The molecule has 0 spiro atoms. The third-order valence-electron chi connectivity index (χ3n) is 4.22. The Labute approximate surface area is 131 Å². The lowest BCUT2D eigenvalue weighted by atomic mass is 10.3. The number of fused-ring (bicyclic) bond motifs is 1. The lowest BCUT2D eigenvalue weighted by Crippen LogP contribution is -2.46. The maximum Gasteiger partial charge on any atom is 0.226 e. The number of likely N-dealkylation sites (N-methyl/N-ethyl adjacent to an activating group) is 1. The van der Waals surface area contributed by atoms with Gasteiger partial charge in [0.2, 0.25) is 5.95 Å². The predicted molar refractivity (Wildman–Crippen MR) is 89.4 cm³/mol. The molecule has 3 rings (SSSR count). The van der Waals surface area contributed by atoms with E-state index in [2.05, 4.69) is 39.0 Å². The molecule has 0 bridgehead atoms. The largest absolute Gasteiger partial charge is 0.354 e. The van der Waals surface area contributed by atoms with Crippen LogP contribution < -0.4 is 10.2 Å². The maximum atomic E-state index is 4.76. The first-order valence-corrected chi connectivity index (χ1v) is 8.13. The van der Waals surface area contributed by atoms with Crippen molar-refractivity contribution in [3.8, 4) is 0 Å². The van der Waals surface area contributed by atoms with Crippen molar-refractivity contribution in [2.45, 2.75) is 20.3 Å². The summed E-state index contributed by atoms with van der Waals surface area (Å²) in [6, 6.07) is 0. The average molecular weight is 303 g/mol. The van der Waals surface area contributed by atoms with Crippen molar-refractivity contribution >= 4 is 22.8 Å². The molecule has 1 aliphatic rings. The van der Waals surface area contributed by atoms with Crippen LogP contribution >= 0.6 is 0 Å². The van der Waals surface area contributed by atoms with Crippen molar-refractivity contribution in [3.05, 3.63) is 6.20 Å². The van der Waals surface area contributed by atoms with Crippen LogP contribution in [0.5, 0.6) is 0 Å². The zero-order valence-corrected chi connectivity index (χ0v) is 13.7. The van der Waals surface area contributed by atoms with Gasteiger partial charge in [0, 0.05) is 39.8 Å². The number of nitrogens with one attached hydrogen (secondary N) is 1. The highest BCUT2D eigenvalue weighted by atomic mass is 15.3. The lowest BCUT2D eigenvalue weighted by molar-refractivity contribution is 0.271. The lowest BCUT2D eigenvalue weighted by Gasteiger charge is -2.35.